The van der Waals surface area contributed by atoms with Crippen molar-refractivity contribution in [2.45, 2.75) is 32.2 Å². The SMILES string of the molecule is CCCC[C@H](c1cc(Br)cc(Br)c1N)N1CCNCC1.Cl.Cl. The lowest BCUT2D eigenvalue weighted by Gasteiger charge is -2.36. The molecule has 1 fully saturated rings. The average molecular weight is 478 g/mol. The fourth-order valence-corrected chi connectivity index (χ4v) is 4.06. The quantitative estimate of drug-likeness (QED) is 0.600. The van der Waals surface area contributed by atoms with Gasteiger partial charge in [0.1, 0.15) is 0 Å². The van der Waals surface area contributed by atoms with Crippen LogP contribution in [0.2, 0.25) is 0 Å². The molecule has 1 atom stereocenters. The lowest BCUT2D eigenvalue weighted by Crippen LogP contribution is -2.45. The van der Waals surface area contributed by atoms with Gasteiger partial charge in [0.2, 0.25) is 0 Å². The third-order valence-electron chi connectivity index (χ3n) is 3.91. The molecular formula is C15H25Br2Cl2N3. The minimum Gasteiger partial charge on any atom is -0.398 e. The van der Waals surface area contributed by atoms with E-state index in [1.807, 2.05) is 6.07 Å². The standard InChI is InChI=1S/C15H23Br2N3.2ClH/c1-2-3-4-14(20-7-5-19-6-8-20)12-9-11(16)10-13(17)15(12)18;;/h9-10,14,19H,2-8,18H2,1H3;2*1H/t14-;;/m1../s1. The lowest BCUT2D eigenvalue weighted by atomic mass is 9.97. The molecule has 1 aliphatic heterocycles. The van der Waals surface area contributed by atoms with Crippen LogP contribution in [0.3, 0.4) is 0 Å². The van der Waals surface area contributed by atoms with E-state index >= 15 is 0 Å². The van der Waals surface area contributed by atoms with Crippen LogP contribution < -0.4 is 11.1 Å². The van der Waals surface area contributed by atoms with Gasteiger partial charge in [0.25, 0.3) is 0 Å². The maximum Gasteiger partial charge on any atom is 0.0507 e. The number of nitrogens with zero attached hydrogens (tertiary/aromatic N) is 1. The van der Waals surface area contributed by atoms with Gasteiger partial charge in [-0.3, -0.25) is 4.90 Å². The molecule has 3 N–H and O–H groups in total. The van der Waals surface area contributed by atoms with Crippen LogP contribution in [0.15, 0.2) is 21.1 Å². The number of hydrogen-bond donors (Lipinski definition) is 2. The van der Waals surface area contributed by atoms with E-state index in [9.17, 15) is 0 Å². The number of hydrogen-bond acceptors (Lipinski definition) is 3. The summed E-state index contributed by atoms with van der Waals surface area (Å²) in [5.74, 6) is 0. The number of anilines is 1. The van der Waals surface area contributed by atoms with Gasteiger partial charge in [0, 0.05) is 41.2 Å². The Hall–Kier alpha value is 0.480. The zero-order valence-electron chi connectivity index (χ0n) is 12.8. The number of unbranched alkanes of at least 4 members (excludes halogenated alkanes) is 1. The summed E-state index contributed by atoms with van der Waals surface area (Å²) >= 11 is 7.16. The second-order valence-electron chi connectivity index (χ2n) is 5.33. The Bertz CT molecular complexity index is 455. The van der Waals surface area contributed by atoms with Crippen molar-refractivity contribution in [2.24, 2.45) is 0 Å². The number of nitrogen functional groups attached to an aromatic ring is 1. The van der Waals surface area contributed by atoms with E-state index in [2.05, 4.69) is 55.1 Å². The van der Waals surface area contributed by atoms with Crippen LogP contribution in [0, 0.1) is 0 Å². The van der Waals surface area contributed by atoms with Crippen LogP contribution in [-0.4, -0.2) is 31.1 Å². The first-order valence-corrected chi connectivity index (χ1v) is 8.91. The molecule has 0 aromatic heterocycles. The zero-order valence-corrected chi connectivity index (χ0v) is 17.6. The van der Waals surface area contributed by atoms with Crippen LogP contribution in [0.1, 0.15) is 37.8 Å². The summed E-state index contributed by atoms with van der Waals surface area (Å²) in [5.41, 5.74) is 8.45. The molecule has 0 spiro atoms. The Morgan fingerprint density at radius 1 is 1.23 bits per heavy atom. The summed E-state index contributed by atoms with van der Waals surface area (Å²) in [6, 6.07) is 4.63. The monoisotopic (exact) mass is 475 g/mol. The molecular weight excluding hydrogens is 453 g/mol. The molecule has 1 aliphatic rings. The van der Waals surface area contributed by atoms with E-state index in [-0.39, 0.29) is 24.8 Å². The smallest absolute Gasteiger partial charge is 0.0507 e. The maximum absolute atomic E-state index is 6.32. The second-order valence-corrected chi connectivity index (χ2v) is 7.10. The van der Waals surface area contributed by atoms with Gasteiger partial charge in [-0.1, -0.05) is 35.7 Å². The van der Waals surface area contributed by atoms with Crippen molar-refractivity contribution in [3.63, 3.8) is 0 Å². The molecule has 7 heteroatoms. The van der Waals surface area contributed by atoms with E-state index in [1.165, 1.54) is 24.8 Å². The van der Waals surface area contributed by atoms with Crippen molar-refractivity contribution in [1.82, 2.24) is 10.2 Å². The normalized spacial score (nSPS) is 16.5. The molecule has 22 heavy (non-hydrogen) atoms. The summed E-state index contributed by atoms with van der Waals surface area (Å²) in [4.78, 5) is 2.57. The van der Waals surface area contributed by atoms with Gasteiger partial charge in [-0.15, -0.1) is 24.8 Å². The first-order valence-electron chi connectivity index (χ1n) is 7.32. The summed E-state index contributed by atoms with van der Waals surface area (Å²) in [7, 11) is 0. The molecule has 0 saturated carbocycles. The summed E-state index contributed by atoms with van der Waals surface area (Å²) in [5, 5.41) is 3.42. The zero-order chi connectivity index (χ0) is 14.5. The number of piperazine rings is 1. The van der Waals surface area contributed by atoms with Crippen LogP contribution >= 0.6 is 56.7 Å². The summed E-state index contributed by atoms with van der Waals surface area (Å²) < 4.78 is 2.07. The Labute approximate surface area is 162 Å². The Balaban J connectivity index is 0.00000220. The minimum atomic E-state index is 0. The second kappa shape index (κ2) is 11.1. The van der Waals surface area contributed by atoms with Gasteiger partial charge in [-0.25, -0.2) is 0 Å². The molecule has 0 radical (unpaired) electrons. The van der Waals surface area contributed by atoms with Gasteiger partial charge >= 0.3 is 0 Å². The minimum absolute atomic E-state index is 0. The molecule has 1 aromatic rings. The molecule has 3 nitrogen and oxygen atoms in total. The molecule has 0 aliphatic carbocycles. The van der Waals surface area contributed by atoms with Gasteiger partial charge in [0.15, 0.2) is 0 Å². The van der Waals surface area contributed by atoms with Gasteiger partial charge < -0.3 is 11.1 Å². The number of benzene rings is 1. The highest BCUT2D eigenvalue weighted by atomic mass is 79.9. The number of halogens is 4. The molecule has 0 amide bonds. The molecule has 128 valence electrons. The molecule has 0 unspecified atom stereocenters. The first-order chi connectivity index (χ1) is 9.63. The number of nitrogens with two attached hydrogens (primary N) is 1. The topological polar surface area (TPSA) is 41.3 Å². The number of rotatable bonds is 5. The van der Waals surface area contributed by atoms with E-state index in [4.69, 9.17) is 5.73 Å². The van der Waals surface area contributed by atoms with Crippen LogP contribution in [-0.2, 0) is 0 Å². The van der Waals surface area contributed by atoms with Crippen molar-refractivity contribution in [2.75, 3.05) is 31.9 Å². The summed E-state index contributed by atoms with van der Waals surface area (Å²) in [6.07, 6.45) is 3.62. The van der Waals surface area contributed by atoms with E-state index in [1.54, 1.807) is 0 Å². The van der Waals surface area contributed by atoms with Gasteiger partial charge in [-0.2, -0.15) is 0 Å². The predicted molar refractivity (Wildman–Crippen MR) is 107 cm³/mol. The molecule has 1 heterocycles. The molecule has 1 aromatic carbocycles. The fourth-order valence-electron chi connectivity index (χ4n) is 2.81. The Kier molecular flexibility index (Phi) is 11.3. The van der Waals surface area contributed by atoms with Gasteiger partial charge in [-0.05, 0) is 40.0 Å². The summed E-state index contributed by atoms with van der Waals surface area (Å²) in [6.45, 7) is 6.57. The third kappa shape index (κ3) is 5.84. The molecule has 1 saturated heterocycles. The fraction of sp³-hybridized carbons (Fsp3) is 0.600. The van der Waals surface area contributed by atoms with Crippen molar-refractivity contribution in [1.29, 1.82) is 0 Å². The third-order valence-corrected chi connectivity index (χ3v) is 5.02. The molecule has 2 rings (SSSR count). The van der Waals surface area contributed by atoms with Crippen LogP contribution in [0.5, 0.6) is 0 Å². The van der Waals surface area contributed by atoms with E-state index < -0.39 is 0 Å². The van der Waals surface area contributed by atoms with E-state index in [0.29, 0.717) is 6.04 Å². The maximum atomic E-state index is 6.32. The van der Waals surface area contributed by atoms with Crippen LogP contribution in [0.4, 0.5) is 5.69 Å². The Morgan fingerprint density at radius 2 is 1.86 bits per heavy atom. The predicted octanol–water partition coefficient (Wildman–Crippen LogP) is 4.77. The first kappa shape index (κ1) is 22.5. The van der Waals surface area contributed by atoms with Crippen molar-refractivity contribution < 1.29 is 0 Å². The largest absolute Gasteiger partial charge is 0.398 e. The van der Waals surface area contributed by atoms with Crippen molar-refractivity contribution in [3.05, 3.63) is 26.6 Å². The van der Waals surface area contributed by atoms with Crippen LogP contribution in [0.25, 0.3) is 0 Å². The van der Waals surface area contributed by atoms with E-state index in [0.717, 1.165) is 40.8 Å². The Morgan fingerprint density at radius 3 is 2.45 bits per heavy atom. The lowest BCUT2D eigenvalue weighted by molar-refractivity contribution is 0.163. The highest BCUT2D eigenvalue weighted by molar-refractivity contribution is 9.11. The highest BCUT2D eigenvalue weighted by Crippen LogP contribution is 2.37. The average Bonchev–Trinajstić information content (AvgIpc) is 2.45. The van der Waals surface area contributed by atoms with Gasteiger partial charge in [0.05, 0.1) is 5.69 Å². The number of nitrogens with one attached hydrogen (secondary N) is 1. The highest BCUT2D eigenvalue weighted by Gasteiger charge is 2.24. The van der Waals surface area contributed by atoms with Crippen molar-refractivity contribution >= 4 is 62.4 Å². The van der Waals surface area contributed by atoms with Crippen molar-refractivity contribution in [3.8, 4) is 0 Å². The molecule has 0 bridgehead atoms.